The van der Waals surface area contributed by atoms with Crippen LogP contribution in [0.2, 0.25) is 0 Å². The van der Waals surface area contributed by atoms with Gasteiger partial charge in [0, 0.05) is 24.2 Å². The van der Waals surface area contributed by atoms with E-state index in [1.165, 1.54) is 0 Å². The van der Waals surface area contributed by atoms with E-state index >= 15 is 0 Å². The van der Waals surface area contributed by atoms with E-state index in [4.69, 9.17) is 0 Å². The van der Waals surface area contributed by atoms with E-state index in [2.05, 4.69) is 15.4 Å². The van der Waals surface area contributed by atoms with Crippen LogP contribution < -0.4 is 5.32 Å². The minimum Gasteiger partial charge on any atom is -0.345 e. The summed E-state index contributed by atoms with van der Waals surface area (Å²) in [6, 6.07) is 23.3. The Morgan fingerprint density at radius 3 is 2.36 bits per heavy atom. The Labute approximate surface area is 163 Å². The van der Waals surface area contributed by atoms with Crippen molar-refractivity contribution < 1.29 is 4.79 Å². The van der Waals surface area contributed by atoms with Crippen LogP contribution in [-0.2, 0) is 0 Å². The van der Waals surface area contributed by atoms with Gasteiger partial charge in [0.05, 0.1) is 17.3 Å². The summed E-state index contributed by atoms with van der Waals surface area (Å²) in [6.45, 7) is 1.97. The van der Waals surface area contributed by atoms with E-state index in [1.54, 1.807) is 23.3 Å². The molecule has 0 aliphatic heterocycles. The maximum absolute atomic E-state index is 13.1. The molecule has 28 heavy (non-hydrogen) atoms. The second kappa shape index (κ2) is 7.88. The molecule has 4 aromatic rings. The summed E-state index contributed by atoms with van der Waals surface area (Å²) >= 11 is 0. The Bertz CT molecular complexity index is 1060. The summed E-state index contributed by atoms with van der Waals surface area (Å²) in [5.74, 6) is -0.169. The molecule has 0 saturated heterocycles. The number of para-hydroxylation sites is 1. The summed E-state index contributed by atoms with van der Waals surface area (Å²) in [5, 5.41) is 7.74. The predicted molar refractivity (Wildman–Crippen MR) is 109 cm³/mol. The Morgan fingerprint density at radius 2 is 1.68 bits per heavy atom. The lowest BCUT2D eigenvalue weighted by Crippen LogP contribution is -2.26. The van der Waals surface area contributed by atoms with Gasteiger partial charge in [-0.2, -0.15) is 5.10 Å². The zero-order valence-corrected chi connectivity index (χ0v) is 15.5. The Hall–Kier alpha value is -3.73. The number of nitrogens with one attached hydrogen (secondary N) is 1. The highest BCUT2D eigenvalue weighted by Gasteiger charge is 2.20. The number of hydrogen-bond donors (Lipinski definition) is 1. The van der Waals surface area contributed by atoms with Crippen LogP contribution in [-0.4, -0.2) is 20.7 Å². The molecule has 0 bridgehead atoms. The molecule has 1 unspecified atom stereocenters. The lowest BCUT2D eigenvalue weighted by molar-refractivity contribution is 0.0940. The van der Waals surface area contributed by atoms with E-state index in [0.717, 1.165) is 16.8 Å². The number of carbonyl (C=O) groups is 1. The van der Waals surface area contributed by atoms with Gasteiger partial charge in [-0.1, -0.05) is 48.5 Å². The molecule has 1 amide bonds. The summed E-state index contributed by atoms with van der Waals surface area (Å²) in [4.78, 5) is 17.3. The Morgan fingerprint density at radius 1 is 0.964 bits per heavy atom. The highest BCUT2D eigenvalue weighted by molar-refractivity contribution is 6.00. The summed E-state index contributed by atoms with van der Waals surface area (Å²) in [5.41, 5.74) is 3.86. The quantitative estimate of drug-likeness (QED) is 0.567. The first-order chi connectivity index (χ1) is 13.7. The van der Waals surface area contributed by atoms with Gasteiger partial charge in [-0.15, -0.1) is 0 Å². The van der Waals surface area contributed by atoms with E-state index in [0.29, 0.717) is 11.3 Å². The minimum absolute atomic E-state index is 0.115. The molecule has 2 heterocycles. The molecule has 2 aromatic heterocycles. The second-order valence-corrected chi connectivity index (χ2v) is 6.52. The van der Waals surface area contributed by atoms with Crippen molar-refractivity contribution in [1.82, 2.24) is 20.1 Å². The van der Waals surface area contributed by atoms with Crippen LogP contribution in [0.3, 0.4) is 0 Å². The topological polar surface area (TPSA) is 59.8 Å². The fourth-order valence-corrected chi connectivity index (χ4v) is 3.07. The van der Waals surface area contributed by atoms with Crippen molar-refractivity contribution in [1.29, 1.82) is 0 Å². The molecule has 4 rings (SSSR count). The van der Waals surface area contributed by atoms with E-state index in [9.17, 15) is 4.79 Å². The number of benzene rings is 2. The molecule has 138 valence electrons. The summed E-state index contributed by atoms with van der Waals surface area (Å²) < 4.78 is 1.73. The zero-order chi connectivity index (χ0) is 19.3. The van der Waals surface area contributed by atoms with Gasteiger partial charge in [0.25, 0.3) is 5.91 Å². The molecule has 0 spiro atoms. The van der Waals surface area contributed by atoms with E-state index in [1.807, 2.05) is 79.7 Å². The fourth-order valence-electron chi connectivity index (χ4n) is 3.07. The van der Waals surface area contributed by atoms with Crippen molar-refractivity contribution in [3.8, 4) is 16.9 Å². The molecule has 0 aliphatic carbocycles. The molecular formula is C23H20N4O. The average molecular weight is 368 g/mol. The predicted octanol–water partition coefficient (Wildman–Crippen LogP) is 4.43. The van der Waals surface area contributed by atoms with Gasteiger partial charge >= 0.3 is 0 Å². The second-order valence-electron chi connectivity index (χ2n) is 6.52. The fraction of sp³-hybridized carbons (Fsp3) is 0.0870. The lowest BCUT2D eigenvalue weighted by Gasteiger charge is -2.14. The number of amides is 1. The number of rotatable bonds is 5. The maximum Gasteiger partial charge on any atom is 0.255 e. The van der Waals surface area contributed by atoms with Gasteiger partial charge < -0.3 is 5.32 Å². The first-order valence-electron chi connectivity index (χ1n) is 9.13. The van der Waals surface area contributed by atoms with Crippen molar-refractivity contribution in [2.45, 2.75) is 13.0 Å². The van der Waals surface area contributed by atoms with Crippen molar-refractivity contribution in [2.75, 3.05) is 0 Å². The largest absolute Gasteiger partial charge is 0.345 e. The molecule has 1 atom stereocenters. The summed E-state index contributed by atoms with van der Waals surface area (Å²) in [6.07, 6.45) is 5.19. The van der Waals surface area contributed by atoms with Gasteiger partial charge in [-0.3, -0.25) is 9.78 Å². The smallest absolute Gasteiger partial charge is 0.255 e. The monoisotopic (exact) mass is 368 g/mol. The number of hydrogen-bond acceptors (Lipinski definition) is 3. The highest BCUT2D eigenvalue weighted by Crippen LogP contribution is 2.24. The molecule has 5 heteroatoms. The van der Waals surface area contributed by atoms with E-state index in [-0.39, 0.29) is 11.9 Å². The third kappa shape index (κ3) is 3.69. The molecule has 0 radical (unpaired) electrons. The van der Waals surface area contributed by atoms with Crippen molar-refractivity contribution >= 4 is 5.91 Å². The van der Waals surface area contributed by atoms with E-state index < -0.39 is 0 Å². The van der Waals surface area contributed by atoms with Crippen LogP contribution in [0, 0.1) is 0 Å². The van der Waals surface area contributed by atoms with Crippen LogP contribution >= 0.6 is 0 Å². The van der Waals surface area contributed by atoms with Crippen molar-refractivity contribution in [2.24, 2.45) is 0 Å². The van der Waals surface area contributed by atoms with Crippen LogP contribution in [0.25, 0.3) is 16.9 Å². The first-order valence-corrected chi connectivity index (χ1v) is 9.13. The van der Waals surface area contributed by atoms with Gasteiger partial charge in [-0.25, -0.2) is 4.68 Å². The molecule has 1 N–H and O–H groups in total. The zero-order valence-electron chi connectivity index (χ0n) is 15.5. The number of carbonyl (C=O) groups excluding carboxylic acids is 1. The highest BCUT2D eigenvalue weighted by atomic mass is 16.1. The Kier molecular flexibility index (Phi) is 4.97. The molecular weight excluding hydrogens is 348 g/mol. The number of nitrogens with zero attached hydrogens (tertiary/aromatic N) is 3. The van der Waals surface area contributed by atoms with Crippen LogP contribution in [0.4, 0.5) is 0 Å². The molecule has 0 saturated carbocycles. The molecule has 0 fully saturated rings. The molecule has 0 aliphatic rings. The maximum atomic E-state index is 13.1. The standard InChI is InChI=1S/C23H20N4O/c1-17(18-9-4-2-5-10-18)25-23(28)21-16-27(20-12-6-3-7-13-20)26-22(21)19-11-8-14-24-15-19/h2-17H,1H3,(H,25,28). The van der Waals surface area contributed by atoms with Crippen molar-refractivity contribution in [3.63, 3.8) is 0 Å². The van der Waals surface area contributed by atoms with Crippen LogP contribution in [0.15, 0.2) is 91.4 Å². The van der Waals surface area contributed by atoms with Crippen LogP contribution in [0.1, 0.15) is 28.9 Å². The first kappa shape index (κ1) is 17.7. The Balaban J connectivity index is 1.70. The number of aromatic nitrogens is 3. The lowest BCUT2D eigenvalue weighted by atomic mass is 10.1. The van der Waals surface area contributed by atoms with Gasteiger partial charge in [0.15, 0.2) is 0 Å². The van der Waals surface area contributed by atoms with Crippen LogP contribution in [0.5, 0.6) is 0 Å². The molecule has 2 aromatic carbocycles. The summed E-state index contributed by atoms with van der Waals surface area (Å²) in [7, 11) is 0. The third-order valence-corrected chi connectivity index (χ3v) is 4.56. The normalized spacial score (nSPS) is 11.8. The molecule has 5 nitrogen and oxygen atoms in total. The van der Waals surface area contributed by atoms with Gasteiger partial charge in [-0.05, 0) is 36.8 Å². The van der Waals surface area contributed by atoms with Gasteiger partial charge in [0.1, 0.15) is 5.69 Å². The number of pyridine rings is 1. The average Bonchev–Trinajstić information content (AvgIpc) is 3.21. The minimum atomic E-state index is -0.169. The van der Waals surface area contributed by atoms with Crippen molar-refractivity contribution in [3.05, 3.63) is 103 Å². The third-order valence-electron chi connectivity index (χ3n) is 4.56. The van der Waals surface area contributed by atoms with Gasteiger partial charge in [0.2, 0.25) is 0 Å². The SMILES string of the molecule is CC(NC(=O)c1cn(-c2ccccc2)nc1-c1cccnc1)c1ccccc1.